The van der Waals surface area contributed by atoms with Gasteiger partial charge in [0.05, 0.1) is 6.07 Å². The Kier molecular flexibility index (Phi) is 4.57. The first-order valence-corrected chi connectivity index (χ1v) is 7.19. The number of nitriles is 1. The van der Waals surface area contributed by atoms with Crippen molar-refractivity contribution in [3.8, 4) is 6.07 Å². The van der Waals surface area contributed by atoms with Crippen molar-refractivity contribution < 1.29 is 0 Å². The van der Waals surface area contributed by atoms with E-state index >= 15 is 0 Å². The van der Waals surface area contributed by atoms with Crippen LogP contribution in [0.2, 0.25) is 0 Å². The van der Waals surface area contributed by atoms with E-state index in [1.807, 2.05) is 30.3 Å². The summed E-state index contributed by atoms with van der Waals surface area (Å²) in [4.78, 5) is 2.49. The van der Waals surface area contributed by atoms with Gasteiger partial charge in [0.2, 0.25) is 0 Å². The summed E-state index contributed by atoms with van der Waals surface area (Å²) in [6.45, 7) is 4.23. The molecule has 1 aliphatic carbocycles. The van der Waals surface area contributed by atoms with E-state index < -0.39 is 5.54 Å². The van der Waals surface area contributed by atoms with Gasteiger partial charge < -0.3 is 10.6 Å². The number of nitrogens with two attached hydrogens (primary N) is 1. The molecule has 102 valence electrons. The first-order chi connectivity index (χ1) is 9.19. The highest BCUT2D eigenvalue weighted by Gasteiger charge is 2.32. The minimum absolute atomic E-state index is 0.698. The molecule has 3 heteroatoms. The van der Waals surface area contributed by atoms with Gasteiger partial charge in [-0.3, -0.25) is 0 Å². The average molecular weight is 257 g/mol. The molecule has 0 aliphatic heterocycles. The van der Waals surface area contributed by atoms with Crippen LogP contribution in [0, 0.1) is 11.3 Å². The summed E-state index contributed by atoms with van der Waals surface area (Å²) in [5.41, 5.74) is 6.36. The van der Waals surface area contributed by atoms with Gasteiger partial charge in [0, 0.05) is 12.6 Å². The molecular weight excluding hydrogens is 234 g/mol. The molecule has 1 fully saturated rings. The fraction of sp³-hybridized carbons (Fsp3) is 0.562. The van der Waals surface area contributed by atoms with Gasteiger partial charge in [-0.05, 0) is 37.8 Å². The van der Waals surface area contributed by atoms with E-state index in [1.165, 1.54) is 12.8 Å². The summed E-state index contributed by atoms with van der Waals surface area (Å²) in [5, 5.41) is 9.44. The molecular formula is C16H23N3. The molecule has 0 spiro atoms. The lowest BCUT2D eigenvalue weighted by molar-refractivity contribution is 0.243. The Bertz CT molecular complexity index is 433. The van der Waals surface area contributed by atoms with E-state index in [4.69, 9.17) is 5.73 Å². The first-order valence-electron chi connectivity index (χ1n) is 7.19. The Morgan fingerprint density at radius 1 is 1.32 bits per heavy atom. The van der Waals surface area contributed by atoms with Crippen LogP contribution in [0.4, 0.5) is 0 Å². The third kappa shape index (κ3) is 3.56. The molecule has 0 heterocycles. The molecule has 19 heavy (non-hydrogen) atoms. The topological polar surface area (TPSA) is 53.0 Å². The smallest absolute Gasteiger partial charge is 0.131 e. The van der Waals surface area contributed by atoms with E-state index in [-0.39, 0.29) is 0 Å². The van der Waals surface area contributed by atoms with Crippen molar-refractivity contribution in [2.75, 3.05) is 13.1 Å². The summed E-state index contributed by atoms with van der Waals surface area (Å²) in [5.74, 6) is 0. The second-order valence-corrected chi connectivity index (χ2v) is 5.47. The summed E-state index contributed by atoms with van der Waals surface area (Å²) in [6.07, 6.45) is 4.46. The Morgan fingerprint density at radius 3 is 2.53 bits per heavy atom. The highest BCUT2D eigenvalue weighted by Crippen LogP contribution is 2.29. The van der Waals surface area contributed by atoms with E-state index in [0.717, 1.165) is 31.1 Å². The van der Waals surface area contributed by atoms with Crippen LogP contribution >= 0.6 is 0 Å². The van der Waals surface area contributed by atoms with Gasteiger partial charge in [0.15, 0.2) is 0 Å². The van der Waals surface area contributed by atoms with E-state index in [9.17, 15) is 5.26 Å². The first kappa shape index (κ1) is 14.0. The SMILES string of the molecule is CCCN(CCC(N)(C#N)c1ccccc1)C1CC1. The van der Waals surface area contributed by atoms with Gasteiger partial charge in [-0.25, -0.2) is 0 Å². The van der Waals surface area contributed by atoms with Crippen molar-refractivity contribution in [3.05, 3.63) is 35.9 Å². The van der Waals surface area contributed by atoms with Gasteiger partial charge in [-0.15, -0.1) is 0 Å². The van der Waals surface area contributed by atoms with Gasteiger partial charge in [-0.2, -0.15) is 5.26 Å². The lowest BCUT2D eigenvalue weighted by Crippen LogP contribution is -2.40. The summed E-state index contributed by atoms with van der Waals surface area (Å²) in [6, 6.07) is 12.8. The largest absolute Gasteiger partial charge is 0.310 e. The number of rotatable bonds is 7. The highest BCUT2D eigenvalue weighted by atomic mass is 15.2. The molecule has 0 saturated heterocycles. The molecule has 0 radical (unpaired) electrons. The van der Waals surface area contributed by atoms with E-state index in [0.29, 0.717) is 6.42 Å². The molecule has 3 nitrogen and oxygen atoms in total. The molecule has 1 atom stereocenters. The highest BCUT2D eigenvalue weighted by molar-refractivity contribution is 5.30. The normalized spacial score (nSPS) is 18.0. The lowest BCUT2D eigenvalue weighted by atomic mass is 9.89. The van der Waals surface area contributed by atoms with Gasteiger partial charge in [0.1, 0.15) is 5.54 Å². The second kappa shape index (κ2) is 6.18. The Balaban J connectivity index is 2.00. The molecule has 2 rings (SSSR count). The molecule has 0 amide bonds. The summed E-state index contributed by atoms with van der Waals surface area (Å²) in [7, 11) is 0. The van der Waals surface area contributed by atoms with Crippen LogP contribution in [0.1, 0.15) is 38.2 Å². The molecule has 0 bridgehead atoms. The zero-order chi connectivity index (χ0) is 13.7. The minimum Gasteiger partial charge on any atom is -0.310 e. The van der Waals surface area contributed by atoms with Crippen LogP contribution < -0.4 is 5.73 Å². The zero-order valence-corrected chi connectivity index (χ0v) is 11.7. The molecule has 1 aliphatic rings. The molecule has 1 unspecified atom stereocenters. The maximum atomic E-state index is 9.44. The number of nitrogens with zero attached hydrogens (tertiary/aromatic N) is 2. The van der Waals surface area contributed by atoms with Crippen LogP contribution in [0.5, 0.6) is 0 Å². The molecule has 1 aromatic carbocycles. The maximum absolute atomic E-state index is 9.44. The maximum Gasteiger partial charge on any atom is 0.131 e. The predicted molar refractivity (Wildman–Crippen MR) is 77.4 cm³/mol. The number of benzene rings is 1. The number of hydrogen-bond donors (Lipinski definition) is 1. The zero-order valence-electron chi connectivity index (χ0n) is 11.7. The molecule has 1 saturated carbocycles. The van der Waals surface area contributed by atoms with Crippen LogP contribution in [0.25, 0.3) is 0 Å². The van der Waals surface area contributed by atoms with Crippen LogP contribution in [0.3, 0.4) is 0 Å². The Labute approximate surface area is 116 Å². The Morgan fingerprint density at radius 2 is 2.00 bits per heavy atom. The van der Waals surface area contributed by atoms with Crippen molar-refractivity contribution in [1.82, 2.24) is 4.90 Å². The third-order valence-corrected chi connectivity index (χ3v) is 3.86. The number of hydrogen-bond acceptors (Lipinski definition) is 3. The van der Waals surface area contributed by atoms with E-state index in [1.54, 1.807) is 0 Å². The fourth-order valence-electron chi connectivity index (χ4n) is 2.52. The summed E-state index contributed by atoms with van der Waals surface area (Å²) < 4.78 is 0. The molecule has 1 aromatic rings. The standard InChI is InChI=1S/C16H23N3/c1-2-11-19(15-8-9-15)12-10-16(18,13-17)14-6-4-3-5-7-14/h3-7,15H,2,8-12,18H2,1H3. The van der Waals surface area contributed by atoms with Crippen molar-refractivity contribution >= 4 is 0 Å². The van der Waals surface area contributed by atoms with Crippen molar-refractivity contribution in [2.24, 2.45) is 5.73 Å². The average Bonchev–Trinajstić information content (AvgIpc) is 3.28. The second-order valence-electron chi connectivity index (χ2n) is 5.47. The monoisotopic (exact) mass is 257 g/mol. The van der Waals surface area contributed by atoms with Crippen LogP contribution in [-0.2, 0) is 5.54 Å². The van der Waals surface area contributed by atoms with Crippen molar-refractivity contribution in [2.45, 2.75) is 44.2 Å². The Hall–Kier alpha value is -1.37. The third-order valence-electron chi connectivity index (χ3n) is 3.86. The van der Waals surface area contributed by atoms with Crippen LogP contribution in [-0.4, -0.2) is 24.0 Å². The summed E-state index contributed by atoms with van der Waals surface area (Å²) >= 11 is 0. The van der Waals surface area contributed by atoms with Gasteiger partial charge in [-0.1, -0.05) is 37.3 Å². The molecule has 0 aromatic heterocycles. The van der Waals surface area contributed by atoms with Gasteiger partial charge >= 0.3 is 0 Å². The van der Waals surface area contributed by atoms with E-state index in [2.05, 4.69) is 17.9 Å². The fourth-order valence-corrected chi connectivity index (χ4v) is 2.52. The lowest BCUT2D eigenvalue weighted by Gasteiger charge is -2.27. The minimum atomic E-state index is -0.859. The molecule has 2 N–H and O–H groups in total. The predicted octanol–water partition coefficient (Wildman–Crippen LogP) is 2.63. The van der Waals surface area contributed by atoms with Crippen molar-refractivity contribution in [3.63, 3.8) is 0 Å². The van der Waals surface area contributed by atoms with Gasteiger partial charge in [0.25, 0.3) is 0 Å². The quantitative estimate of drug-likeness (QED) is 0.817. The van der Waals surface area contributed by atoms with Crippen LogP contribution in [0.15, 0.2) is 30.3 Å². The van der Waals surface area contributed by atoms with Crippen molar-refractivity contribution in [1.29, 1.82) is 5.26 Å².